The zero-order valence-electron chi connectivity index (χ0n) is 12.7. The van der Waals surface area contributed by atoms with Crippen molar-refractivity contribution in [2.75, 3.05) is 11.9 Å². The van der Waals surface area contributed by atoms with Gasteiger partial charge in [-0.15, -0.1) is 11.3 Å². The zero-order valence-corrected chi connectivity index (χ0v) is 13.6. The Morgan fingerprint density at radius 2 is 1.88 bits per heavy atom. The predicted molar refractivity (Wildman–Crippen MR) is 86.2 cm³/mol. The van der Waals surface area contributed by atoms with Crippen LogP contribution < -0.4 is 5.32 Å². The number of carbonyl (C=O) groups is 2. The fourth-order valence-corrected chi connectivity index (χ4v) is 3.73. The number of esters is 1. The van der Waals surface area contributed by atoms with Crippen LogP contribution in [0.3, 0.4) is 0 Å². The molecule has 0 aliphatic heterocycles. The van der Waals surface area contributed by atoms with E-state index in [0.29, 0.717) is 4.88 Å². The van der Waals surface area contributed by atoms with Gasteiger partial charge < -0.3 is 10.1 Å². The highest BCUT2D eigenvalue weighted by molar-refractivity contribution is 7.14. The van der Waals surface area contributed by atoms with Gasteiger partial charge in [-0.3, -0.25) is 4.79 Å². The van der Waals surface area contributed by atoms with Gasteiger partial charge in [0.15, 0.2) is 6.61 Å². The number of thiophene rings is 1. The van der Waals surface area contributed by atoms with Gasteiger partial charge in [0.05, 0.1) is 0 Å². The van der Waals surface area contributed by atoms with E-state index in [4.69, 9.17) is 4.74 Å². The van der Waals surface area contributed by atoms with Gasteiger partial charge in [0.1, 0.15) is 22.2 Å². The summed E-state index contributed by atoms with van der Waals surface area (Å²) in [7, 11) is 0. The molecule has 1 aliphatic rings. The number of nitrogens with one attached hydrogen (secondary N) is 1. The number of amides is 1. The van der Waals surface area contributed by atoms with Gasteiger partial charge in [0.25, 0.3) is 5.91 Å². The number of anilines is 1. The van der Waals surface area contributed by atoms with Crippen molar-refractivity contribution >= 4 is 28.9 Å². The SMILES string of the molecule is O=C(COC(=O)c1cc2c(s1)CCCC2)Nc1c(F)cccc1F. The number of hydrogen-bond acceptors (Lipinski definition) is 4. The Morgan fingerprint density at radius 1 is 1.17 bits per heavy atom. The first-order chi connectivity index (χ1) is 11.5. The quantitative estimate of drug-likeness (QED) is 0.855. The molecule has 2 aromatic rings. The van der Waals surface area contributed by atoms with Crippen molar-refractivity contribution in [3.05, 3.63) is 51.2 Å². The number of hydrogen-bond donors (Lipinski definition) is 1. The summed E-state index contributed by atoms with van der Waals surface area (Å²) in [5, 5.41) is 2.07. The van der Waals surface area contributed by atoms with Crippen molar-refractivity contribution in [2.24, 2.45) is 0 Å². The van der Waals surface area contributed by atoms with Crippen LogP contribution in [0.1, 0.15) is 33.0 Å². The van der Waals surface area contributed by atoms with Crippen molar-refractivity contribution in [1.29, 1.82) is 0 Å². The molecule has 1 aromatic carbocycles. The fourth-order valence-electron chi connectivity index (χ4n) is 2.59. The third-order valence-corrected chi connectivity index (χ3v) is 4.98. The highest BCUT2D eigenvalue weighted by Crippen LogP contribution is 2.30. The van der Waals surface area contributed by atoms with Crippen LogP contribution in [0, 0.1) is 11.6 Å². The number of para-hydroxylation sites is 1. The zero-order chi connectivity index (χ0) is 17.1. The Bertz CT molecular complexity index is 744. The lowest BCUT2D eigenvalue weighted by Gasteiger charge is -2.08. The highest BCUT2D eigenvalue weighted by Gasteiger charge is 2.19. The number of halogens is 2. The summed E-state index contributed by atoms with van der Waals surface area (Å²) in [6.45, 7) is -0.602. The maximum atomic E-state index is 13.4. The van der Waals surface area contributed by atoms with E-state index < -0.39 is 35.8 Å². The molecule has 1 aromatic heterocycles. The summed E-state index contributed by atoms with van der Waals surface area (Å²) >= 11 is 1.38. The van der Waals surface area contributed by atoms with Gasteiger partial charge in [0.2, 0.25) is 0 Å². The van der Waals surface area contributed by atoms with E-state index in [0.717, 1.165) is 43.4 Å². The van der Waals surface area contributed by atoms with Crippen LogP contribution in [-0.2, 0) is 22.4 Å². The molecule has 3 rings (SSSR count). The molecule has 1 amide bonds. The van der Waals surface area contributed by atoms with Crippen LogP contribution >= 0.6 is 11.3 Å². The normalized spacial score (nSPS) is 13.2. The molecule has 0 fully saturated rings. The Labute approximate surface area is 141 Å². The Balaban J connectivity index is 1.58. The minimum absolute atomic E-state index is 0.451. The summed E-state index contributed by atoms with van der Waals surface area (Å²) in [4.78, 5) is 25.4. The number of ether oxygens (including phenoxy) is 1. The number of carbonyl (C=O) groups excluding carboxylic acids is 2. The van der Waals surface area contributed by atoms with Crippen LogP contribution in [0.2, 0.25) is 0 Å². The minimum Gasteiger partial charge on any atom is -0.451 e. The number of rotatable bonds is 4. The lowest BCUT2D eigenvalue weighted by molar-refractivity contribution is -0.119. The molecule has 0 spiro atoms. The number of benzene rings is 1. The molecule has 0 atom stereocenters. The van der Waals surface area contributed by atoms with Crippen LogP contribution in [0.4, 0.5) is 14.5 Å². The second-order valence-corrected chi connectivity index (χ2v) is 6.62. The predicted octanol–water partition coefficient (Wildman–Crippen LogP) is 3.70. The summed E-state index contributed by atoms with van der Waals surface area (Å²) in [5.41, 5.74) is 0.612. The third kappa shape index (κ3) is 3.62. The summed E-state index contributed by atoms with van der Waals surface area (Å²) in [6.07, 6.45) is 4.12. The highest BCUT2D eigenvalue weighted by atomic mass is 32.1. The minimum atomic E-state index is -0.888. The van der Waals surface area contributed by atoms with E-state index >= 15 is 0 Å². The van der Waals surface area contributed by atoms with E-state index in [2.05, 4.69) is 5.32 Å². The van der Waals surface area contributed by atoms with Crippen LogP contribution in [0.25, 0.3) is 0 Å². The first-order valence-electron chi connectivity index (χ1n) is 7.57. The Morgan fingerprint density at radius 3 is 2.58 bits per heavy atom. The summed E-state index contributed by atoms with van der Waals surface area (Å²) in [5.74, 6) is -3.17. The average Bonchev–Trinajstić information content (AvgIpc) is 3.00. The molecule has 4 nitrogen and oxygen atoms in total. The molecule has 24 heavy (non-hydrogen) atoms. The van der Waals surface area contributed by atoms with Gasteiger partial charge in [0, 0.05) is 4.88 Å². The summed E-state index contributed by atoms with van der Waals surface area (Å²) in [6, 6.07) is 5.05. The topological polar surface area (TPSA) is 55.4 Å². The van der Waals surface area contributed by atoms with Crippen molar-refractivity contribution in [2.45, 2.75) is 25.7 Å². The lowest BCUT2D eigenvalue weighted by Crippen LogP contribution is -2.21. The molecule has 1 heterocycles. The van der Waals surface area contributed by atoms with Crippen LogP contribution in [-0.4, -0.2) is 18.5 Å². The Hall–Kier alpha value is -2.28. The molecule has 0 radical (unpaired) electrons. The largest absolute Gasteiger partial charge is 0.451 e. The van der Waals surface area contributed by atoms with E-state index in [1.54, 1.807) is 6.07 Å². The van der Waals surface area contributed by atoms with Crippen LogP contribution in [0.15, 0.2) is 24.3 Å². The number of fused-ring (bicyclic) bond motifs is 1. The van der Waals surface area contributed by atoms with Gasteiger partial charge >= 0.3 is 5.97 Å². The molecule has 0 saturated carbocycles. The Kier molecular flexibility index (Phi) is 4.89. The van der Waals surface area contributed by atoms with Crippen molar-refractivity contribution < 1.29 is 23.1 Å². The molecular formula is C17H15F2NO3S. The van der Waals surface area contributed by atoms with E-state index in [9.17, 15) is 18.4 Å². The second kappa shape index (κ2) is 7.09. The van der Waals surface area contributed by atoms with E-state index in [1.165, 1.54) is 22.3 Å². The molecular weight excluding hydrogens is 336 g/mol. The van der Waals surface area contributed by atoms with Gasteiger partial charge in [-0.05, 0) is 49.4 Å². The molecule has 126 valence electrons. The maximum absolute atomic E-state index is 13.4. The molecule has 0 saturated heterocycles. The van der Waals surface area contributed by atoms with Gasteiger partial charge in [-0.2, -0.15) is 0 Å². The first kappa shape index (κ1) is 16.6. The fraction of sp³-hybridized carbons (Fsp3) is 0.294. The molecule has 7 heteroatoms. The summed E-state index contributed by atoms with van der Waals surface area (Å²) < 4.78 is 31.8. The maximum Gasteiger partial charge on any atom is 0.348 e. The van der Waals surface area contributed by atoms with Gasteiger partial charge in [-0.1, -0.05) is 6.07 Å². The van der Waals surface area contributed by atoms with Crippen LogP contribution in [0.5, 0.6) is 0 Å². The monoisotopic (exact) mass is 351 g/mol. The van der Waals surface area contributed by atoms with Crippen molar-refractivity contribution in [3.63, 3.8) is 0 Å². The number of aryl methyl sites for hydroxylation is 2. The van der Waals surface area contributed by atoms with E-state index in [-0.39, 0.29) is 0 Å². The third-order valence-electron chi connectivity index (χ3n) is 3.76. The second-order valence-electron chi connectivity index (χ2n) is 5.49. The molecule has 0 bridgehead atoms. The van der Waals surface area contributed by atoms with Gasteiger partial charge in [-0.25, -0.2) is 13.6 Å². The van der Waals surface area contributed by atoms with Crippen molar-refractivity contribution in [3.8, 4) is 0 Å². The standard InChI is InChI=1S/C17H15F2NO3S/c18-11-5-3-6-12(19)16(11)20-15(21)9-23-17(22)14-8-10-4-1-2-7-13(10)24-14/h3,5-6,8H,1-2,4,7,9H2,(H,20,21). The molecule has 0 unspecified atom stereocenters. The molecule has 1 N–H and O–H groups in total. The first-order valence-corrected chi connectivity index (χ1v) is 8.39. The molecule has 1 aliphatic carbocycles. The van der Waals surface area contributed by atoms with E-state index in [1.807, 2.05) is 0 Å². The average molecular weight is 351 g/mol. The smallest absolute Gasteiger partial charge is 0.348 e. The van der Waals surface area contributed by atoms with Crippen molar-refractivity contribution in [1.82, 2.24) is 0 Å². The lowest BCUT2D eigenvalue weighted by atomic mass is 9.99.